The van der Waals surface area contributed by atoms with E-state index < -0.39 is 23.8 Å². The van der Waals surface area contributed by atoms with Gasteiger partial charge in [-0.15, -0.1) is 0 Å². The van der Waals surface area contributed by atoms with Gasteiger partial charge in [-0.05, 0) is 55.0 Å². The summed E-state index contributed by atoms with van der Waals surface area (Å²) in [6.45, 7) is 1.43. The number of carbonyl (C=O) groups is 2. The second-order valence-electron chi connectivity index (χ2n) is 5.26. The monoisotopic (exact) mass is 372 g/mol. The van der Waals surface area contributed by atoms with E-state index in [1.165, 1.54) is 31.2 Å². The zero-order valence-electron chi connectivity index (χ0n) is 13.7. The zero-order chi connectivity index (χ0) is 19.1. The molecule has 0 aliphatic rings. The minimum absolute atomic E-state index is 0.0596. The fraction of sp³-hybridized carbons (Fsp3) is 0.105. The first-order chi connectivity index (χ1) is 12.4. The molecule has 1 amide bonds. The Bertz CT molecular complexity index is 889. The molecule has 5 nitrogen and oxygen atoms in total. The maximum Gasteiger partial charge on any atom is 0.331 e. The second kappa shape index (κ2) is 8.79. The first-order valence-electron chi connectivity index (χ1n) is 7.54. The molecular weight excluding hydrogens is 359 g/mol. The number of esters is 1. The standard InChI is InChI=1S/C19H14ClFN2O3/c1-12(19(25)23-15-6-2-14(11-22)3-7-15)26-18(24)9-5-13-4-8-17(21)16(20)10-13/h2-10,12H,1H3,(H,23,25)/b9-5+/t12-/m1/s1. The molecule has 0 saturated carbocycles. The largest absolute Gasteiger partial charge is 0.449 e. The average molecular weight is 373 g/mol. The SMILES string of the molecule is C[C@@H](OC(=O)/C=C/c1ccc(F)c(Cl)c1)C(=O)Nc1ccc(C#N)cc1. The van der Waals surface area contributed by atoms with Crippen LogP contribution in [-0.4, -0.2) is 18.0 Å². The van der Waals surface area contributed by atoms with Gasteiger partial charge < -0.3 is 10.1 Å². The first-order valence-corrected chi connectivity index (χ1v) is 7.91. The molecule has 0 bridgehead atoms. The van der Waals surface area contributed by atoms with E-state index in [-0.39, 0.29) is 5.02 Å². The van der Waals surface area contributed by atoms with Crippen LogP contribution in [0.5, 0.6) is 0 Å². The number of amides is 1. The molecule has 26 heavy (non-hydrogen) atoms. The van der Waals surface area contributed by atoms with Crippen LogP contribution in [0, 0.1) is 17.1 Å². The molecule has 0 radical (unpaired) electrons. The number of halogens is 2. The molecule has 0 aliphatic carbocycles. The van der Waals surface area contributed by atoms with Crippen molar-refractivity contribution in [1.29, 1.82) is 5.26 Å². The number of nitriles is 1. The van der Waals surface area contributed by atoms with Crippen LogP contribution in [0.1, 0.15) is 18.1 Å². The van der Waals surface area contributed by atoms with Crippen molar-refractivity contribution in [1.82, 2.24) is 0 Å². The molecule has 0 aliphatic heterocycles. The third-order valence-corrected chi connectivity index (χ3v) is 3.59. The number of benzene rings is 2. The Morgan fingerprint density at radius 2 is 1.96 bits per heavy atom. The Hall–Kier alpha value is -3.17. The summed E-state index contributed by atoms with van der Waals surface area (Å²) in [7, 11) is 0. The number of ether oxygens (including phenoxy) is 1. The lowest BCUT2D eigenvalue weighted by Crippen LogP contribution is -2.29. The van der Waals surface area contributed by atoms with Crippen molar-refractivity contribution >= 4 is 35.2 Å². The normalized spacial score (nSPS) is 11.6. The quantitative estimate of drug-likeness (QED) is 0.637. The third kappa shape index (κ3) is 5.43. The van der Waals surface area contributed by atoms with E-state index in [4.69, 9.17) is 21.6 Å². The van der Waals surface area contributed by atoms with Crippen molar-refractivity contribution in [2.75, 3.05) is 5.32 Å². The molecule has 0 heterocycles. The first kappa shape index (κ1) is 19.2. The van der Waals surface area contributed by atoms with E-state index in [1.807, 2.05) is 6.07 Å². The maximum atomic E-state index is 13.1. The molecular formula is C19H14ClFN2O3. The molecule has 7 heteroatoms. The third-order valence-electron chi connectivity index (χ3n) is 3.30. The Morgan fingerprint density at radius 1 is 1.27 bits per heavy atom. The van der Waals surface area contributed by atoms with Gasteiger partial charge in [-0.25, -0.2) is 9.18 Å². The number of nitrogens with zero attached hydrogens (tertiary/aromatic N) is 1. The summed E-state index contributed by atoms with van der Waals surface area (Å²) in [6, 6.07) is 12.2. The van der Waals surface area contributed by atoms with Crippen LogP contribution in [0.4, 0.5) is 10.1 Å². The summed E-state index contributed by atoms with van der Waals surface area (Å²) in [5.74, 6) is -1.80. The fourth-order valence-electron chi connectivity index (χ4n) is 1.92. The molecule has 0 unspecified atom stereocenters. The van der Waals surface area contributed by atoms with E-state index >= 15 is 0 Å². The van der Waals surface area contributed by atoms with E-state index in [0.717, 1.165) is 6.08 Å². The summed E-state index contributed by atoms with van der Waals surface area (Å²) in [5.41, 5.74) is 1.46. The Labute approximate surface area is 154 Å². The maximum absolute atomic E-state index is 13.1. The molecule has 1 atom stereocenters. The van der Waals surface area contributed by atoms with Crippen LogP contribution in [0.25, 0.3) is 6.08 Å². The van der Waals surface area contributed by atoms with Crippen molar-refractivity contribution in [3.05, 3.63) is 70.5 Å². The summed E-state index contributed by atoms with van der Waals surface area (Å²) in [5, 5.41) is 11.2. The van der Waals surface area contributed by atoms with E-state index in [1.54, 1.807) is 24.3 Å². The van der Waals surface area contributed by atoms with Crippen molar-refractivity contribution < 1.29 is 18.7 Å². The van der Waals surface area contributed by atoms with E-state index in [0.29, 0.717) is 16.8 Å². The van der Waals surface area contributed by atoms with Gasteiger partial charge in [0, 0.05) is 11.8 Å². The number of carbonyl (C=O) groups excluding carboxylic acids is 2. The minimum Gasteiger partial charge on any atom is -0.449 e. The molecule has 2 aromatic rings. The van der Waals surface area contributed by atoms with Crippen molar-refractivity contribution in [3.8, 4) is 6.07 Å². The van der Waals surface area contributed by atoms with Crippen molar-refractivity contribution in [3.63, 3.8) is 0 Å². The number of nitrogens with one attached hydrogen (secondary N) is 1. The van der Waals surface area contributed by atoms with Crippen LogP contribution >= 0.6 is 11.6 Å². The fourth-order valence-corrected chi connectivity index (χ4v) is 2.11. The zero-order valence-corrected chi connectivity index (χ0v) is 14.5. The molecule has 1 N–H and O–H groups in total. The Kier molecular flexibility index (Phi) is 6.48. The highest BCUT2D eigenvalue weighted by atomic mass is 35.5. The highest BCUT2D eigenvalue weighted by Gasteiger charge is 2.16. The lowest BCUT2D eigenvalue weighted by molar-refractivity contribution is -0.148. The van der Waals surface area contributed by atoms with E-state index in [2.05, 4.69) is 5.32 Å². The van der Waals surface area contributed by atoms with Crippen LogP contribution < -0.4 is 5.32 Å². The summed E-state index contributed by atoms with van der Waals surface area (Å²) in [4.78, 5) is 23.8. The second-order valence-corrected chi connectivity index (χ2v) is 5.67. The number of rotatable bonds is 5. The summed E-state index contributed by atoms with van der Waals surface area (Å²) in [6.07, 6.45) is 1.49. The Morgan fingerprint density at radius 3 is 2.58 bits per heavy atom. The van der Waals surface area contributed by atoms with Crippen molar-refractivity contribution in [2.24, 2.45) is 0 Å². The molecule has 132 valence electrons. The average Bonchev–Trinajstić information content (AvgIpc) is 2.63. The number of hydrogen-bond donors (Lipinski definition) is 1. The summed E-state index contributed by atoms with van der Waals surface area (Å²) < 4.78 is 18.1. The van der Waals surface area contributed by atoms with Crippen LogP contribution in [0.15, 0.2) is 48.5 Å². The van der Waals surface area contributed by atoms with Gasteiger partial charge in [0.25, 0.3) is 5.91 Å². The summed E-state index contributed by atoms with van der Waals surface area (Å²) >= 11 is 5.66. The molecule has 0 aromatic heterocycles. The lowest BCUT2D eigenvalue weighted by Gasteiger charge is -2.12. The highest BCUT2D eigenvalue weighted by Crippen LogP contribution is 2.17. The van der Waals surface area contributed by atoms with E-state index in [9.17, 15) is 14.0 Å². The predicted molar refractivity (Wildman–Crippen MR) is 95.8 cm³/mol. The molecule has 0 saturated heterocycles. The van der Waals surface area contributed by atoms with Crippen molar-refractivity contribution in [2.45, 2.75) is 13.0 Å². The smallest absolute Gasteiger partial charge is 0.331 e. The number of anilines is 1. The molecule has 0 fully saturated rings. The minimum atomic E-state index is -1.03. The van der Waals surface area contributed by atoms with Crippen LogP contribution in [-0.2, 0) is 14.3 Å². The van der Waals surface area contributed by atoms with Gasteiger partial charge in [-0.3, -0.25) is 4.79 Å². The predicted octanol–water partition coefficient (Wildman–Crippen LogP) is 3.93. The van der Waals surface area contributed by atoms with Gasteiger partial charge in [-0.1, -0.05) is 17.7 Å². The van der Waals surface area contributed by atoms with Gasteiger partial charge in [0.1, 0.15) is 5.82 Å². The molecule has 2 rings (SSSR count). The van der Waals surface area contributed by atoms with Gasteiger partial charge in [0.15, 0.2) is 6.10 Å². The molecule has 0 spiro atoms. The molecule has 2 aromatic carbocycles. The van der Waals surface area contributed by atoms with Crippen LogP contribution in [0.2, 0.25) is 5.02 Å². The lowest BCUT2D eigenvalue weighted by atomic mass is 10.2. The number of hydrogen-bond acceptors (Lipinski definition) is 4. The van der Waals surface area contributed by atoms with Gasteiger partial charge >= 0.3 is 5.97 Å². The van der Waals surface area contributed by atoms with Gasteiger partial charge in [0.2, 0.25) is 0 Å². The topological polar surface area (TPSA) is 79.2 Å². The highest BCUT2D eigenvalue weighted by molar-refractivity contribution is 6.30. The Balaban J connectivity index is 1.90. The van der Waals surface area contributed by atoms with Gasteiger partial charge in [0.05, 0.1) is 16.7 Å². The van der Waals surface area contributed by atoms with Crippen LogP contribution in [0.3, 0.4) is 0 Å². The van der Waals surface area contributed by atoms with Gasteiger partial charge in [-0.2, -0.15) is 5.26 Å².